The van der Waals surface area contributed by atoms with Gasteiger partial charge in [-0.25, -0.2) is 4.68 Å². The Morgan fingerprint density at radius 3 is 3.07 bits per heavy atom. The molecular formula is C8H11N5O2. The molecule has 1 aromatic heterocycles. The quantitative estimate of drug-likeness (QED) is 0.661. The van der Waals surface area contributed by atoms with E-state index in [0.717, 1.165) is 0 Å². The summed E-state index contributed by atoms with van der Waals surface area (Å²) >= 11 is 0. The highest BCUT2D eigenvalue weighted by Crippen LogP contribution is 2.00. The summed E-state index contributed by atoms with van der Waals surface area (Å²) < 4.78 is 1.54. The zero-order chi connectivity index (χ0) is 11.1. The Morgan fingerprint density at radius 2 is 2.40 bits per heavy atom. The number of unbranched alkanes of at least 4 members (excludes halogenated alkanes) is 1. The average Bonchev–Trinajstić information content (AvgIpc) is 2.63. The third-order valence-corrected chi connectivity index (χ3v) is 1.83. The standard InChI is InChI=1S/C8H11N5O2/c9-5-1-2-6-13-7(10-11-12-13)3-4-8(14)15/h1-4,6H2,(H,14,15). The Hall–Kier alpha value is -1.97. The summed E-state index contributed by atoms with van der Waals surface area (Å²) in [6.45, 7) is 0.551. The van der Waals surface area contributed by atoms with Gasteiger partial charge in [-0.15, -0.1) is 5.10 Å². The molecule has 0 radical (unpaired) electrons. The smallest absolute Gasteiger partial charge is 0.303 e. The number of aliphatic carboxylic acids is 1. The van der Waals surface area contributed by atoms with Crippen LogP contribution in [0.25, 0.3) is 0 Å². The second-order valence-corrected chi connectivity index (χ2v) is 2.97. The minimum Gasteiger partial charge on any atom is -0.481 e. The van der Waals surface area contributed by atoms with Crippen LogP contribution in [0.5, 0.6) is 0 Å². The largest absolute Gasteiger partial charge is 0.481 e. The van der Waals surface area contributed by atoms with Gasteiger partial charge in [0.05, 0.1) is 12.5 Å². The number of aromatic nitrogens is 4. The lowest BCUT2D eigenvalue weighted by Crippen LogP contribution is -2.08. The Morgan fingerprint density at radius 1 is 1.60 bits per heavy atom. The van der Waals surface area contributed by atoms with Crippen LogP contribution in [0.2, 0.25) is 0 Å². The maximum Gasteiger partial charge on any atom is 0.303 e. The minimum atomic E-state index is -0.874. The molecule has 7 heteroatoms. The molecule has 1 aromatic rings. The van der Waals surface area contributed by atoms with Gasteiger partial charge in [-0.1, -0.05) is 0 Å². The molecule has 15 heavy (non-hydrogen) atoms. The topological polar surface area (TPSA) is 105 Å². The van der Waals surface area contributed by atoms with Gasteiger partial charge >= 0.3 is 5.97 Å². The lowest BCUT2D eigenvalue weighted by Gasteiger charge is -2.00. The van der Waals surface area contributed by atoms with Crippen molar-refractivity contribution in [2.45, 2.75) is 32.2 Å². The predicted molar refractivity (Wildman–Crippen MR) is 48.6 cm³/mol. The van der Waals surface area contributed by atoms with Crippen LogP contribution < -0.4 is 0 Å². The van der Waals surface area contributed by atoms with E-state index in [0.29, 0.717) is 31.6 Å². The molecule has 0 aliphatic rings. The van der Waals surface area contributed by atoms with Gasteiger partial charge in [0.15, 0.2) is 5.82 Å². The molecule has 0 saturated heterocycles. The summed E-state index contributed by atoms with van der Waals surface area (Å²) in [5.41, 5.74) is 0. The lowest BCUT2D eigenvalue weighted by atomic mass is 10.3. The van der Waals surface area contributed by atoms with Crippen LogP contribution in [0.15, 0.2) is 0 Å². The highest BCUT2D eigenvalue weighted by atomic mass is 16.4. The first-order valence-electron chi connectivity index (χ1n) is 4.58. The third kappa shape index (κ3) is 3.72. The monoisotopic (exact) mass is 209 g/mol. The fraction of sp³-hybridized carbons (Fsp3) is 0.625. The fourth-order valence-corrected chi connectivity index (χ4v) is 1.10. The Bertz CT molecular complexity index is 367. The second kappa shape index (κ2) is 5.70. The molecule has 1 N–H and O–H groups in total. The van der Waals surface area contributed by atoms with E-state index in [4.69, 9.17) is 10.4 Å². The van der Waals surface area contributed by atoms with Gasteiger partial charge in [-0.2, -0.15) is 5.26 Å². The number of carbonyl (C=O) groups is 1. The summed E-state index contributed by atoms with van der Waals surface area (Å²) in [6.07, 6.45) is 1.44. The zero-order valence-electron chi connectivity index (χ0n) is 8.13. The number of aryl methyl sites for hydroxylation is 2. The van der Waals surface area contributed by atoms with E-state index in [-0.39, 0.29) is 6.42 Å². The van der Waals surface area contributed by atoms with E-state index in [2.05, 4.69) is 15.5 Å². The summed E-state index contributed by atoms with van der Waals surface area (Å²) in [5, 5.41) is 27.8. The molecule has 0 bridgehead atoms. The Balaban J connectivity index is 2.46. The first-order valence-corrected chi connectivity index (χ1v) is 4.58. The second-order valence-electron chi connectivity index (χ2n) is 2.97. The highest BCUT2D eigenvalue weighted by molar-refractivity contribution is 5.66. The molecule has 0 aliphatic carbocycles. The molecule has 0 aromatic carbocycles. The number of hydrogen-bond donors (Lipinski definition) is 1. The first-order chi connectivity index (χ1) is 7.24. The van der Waals surface area contributed by atoms with Crippen molar-refractivity contribution in [3.63, 3.8) is 0 Å². The van der Waals surface area contributed by atoms with E-state index in [1.165, 1.54) is 0 Å². The first kappa shape index (κ1) is 11.1. The fourth-order valence-electron chi connectivity index (χ4n) is 1.10. The van der Waals surface area contributed by atoms with Crippen molar-refractivity contribution in [2.24, 2.45) is 0 Å². The number of hydrogen-bond acceptors (Lipinski definition) is 5. The van der Waals surface area contributed by atoms with E-state index >= 15 is 0 Å². The molecule has 0 fully saturated rings. The molecule has 1 heterocycles. The van der Waals surface area contributed by atoms with Crippen molar-refractivity contribution in [1.82, 2.24) is 20.2 Å². The van der Waals surface area contributed by atoms with Crippen molar-refractivity contribution in [3.05, 3.63) is 5.82 Å². The number of nitrogens with zero attached hydrogens (tertiary/aromatic N) is 5. The van der Waals surface area contributed by atoms with Crippen molar-refractivity contribution in [1.29, 1.82) is 5.26 Å². The van der Waals surface area contributed by atoms with Crippen LogP contribution in [0.4, 0.5) is 0 Å². The molecule has 80 valence electrons. The van der Waals surface area contributed by atoms with Crippen molar-refractivity contribution >= 4 is 5.97 Å². The number of rotatable bonds is 6. The van der Waals surface area contributed by atoms with E-state index < -0.39 is 5.97 Å². The number of tetrazole rings is 1. The predicted octanol–water partition coefficient (Wildman–Crippen LogP) is -0.00592. The Kier molecular flexibility index (Phi) is 4.22. The summed E-state index contributed by atoms with van der Waals surface area (Å²) in [4.78, 5) is 10.3. The van der Waals surface area contributed by atoms with Crippen LogP contribution in [-0.4, -0.2) is 31.3 Å². The molecular weight excluding hydrogens is 198 g/mol. The zero-order valence-corrected chi connectivity index (χ0v) is 8.13. The van der Waals surface area contributed by atoms with Crippen LogP contribution in [-0.2, 0) is 17.8 Å². The van der Waals surface area contributed by atoms with Crippen LogP contribution in [0.1, 0.15) is 25.1 Å². The SMILES string of the molecule is N#CCCCn1nnnc1CCC(=O)O. The normalized spacial score (nSPS) is 9.80. The summed E-state index contributed by atoms with van der Waals surface area (Å²) in [6, 6.07) is 2.02. The summed E-state index contributed by atoms with van der Waals surface area (Å²) in [5.74, 6) is -0.322. The number of carboxylic acids is 1. The van der Waals surface area contributed by atoms with Crippen LogP contribution in [0.3, 0.4) is 0 Å². The Labute approximate surface area is 86.3 Å². The minimum absolute atomic E-state index is 0.0125. The molecule has 0 aliphatic heterocycles. The molecule has 0 unspecified atom stereocenters. The number of carboxylic acid groups (broad SMARTS) is 1. The molecule has 0 saturated carbocycles. The summed E-state index contributed by atoms with van der Waals surface area (Å²) in [7, 11) is 0. The van der Waals surface area contributed by atoms with E-state index in [1.807, 2.05) is 6.07 Å². The number of nitriles is 1. The van der Waals surface area contributed by atoms with Gasteiger partial charge in [0.25, 0.3) is 0 Å². The molecule has 1 rings (SSSR count). The lowest BCUT2D eigenvalue weighted by molar-refractivity contribution is -0.137. The van der Waals surface area contributed by atoms with Gasteiger partial charge in [0.2, 0.25) is 0 Å². The van der Waals surface area contributed by atoms with Gasteiger partial charge < -0.3 is 5.11 Å². The molecule has 7 nitrogen and oxygen atoms in total. The van der Waals surface area contributed by atoms with Crippen LogP contribution in [0, 0.1) is 11.3 Å². The van der Waals surface area contributed by atoms with Gasteiger partial charge in [0, 0.05) is 19.4 Å². The van der Waals surface area contributed by atoms with E-state index in [9.17, 15) is 4.79 Å². The van der Waals surface area contributed by atoms with Crippen molar-refractivity contribution in [3.8, 4) is 6.07 Å². The highest BCUT2D eigenvalue weighted by Gasteiger charge is 2.07. The molecule has 0 atom stereocenters. The maximum atomic E-state index is 10.3. The van der Waals surface area contributed by atoms with Crippen molar-refractivity contribution in [2.75, 3.05) is 0 Å². The average molecular weight is 209 g/mol. The van der Waals surface area contributed by atoms with Gasteiger partial charge in [-0.05, 0) is 16.8 Å². The maximum absolute atomic E-state index is 10.3. The van der Waals surface area contributed by atoms with Gasteiger partial charge in [0.1, 0.15) is 0 Å². The van der Waals surface area contributed by atoms with E-state index in [1.54, 1.807) is 4.68 Å². The van der Waals surface area contributed by atoms with Crippen LogP contribution >= 0.6 is 0 Å². The molecule has 0 spiro atoms. The van der Waals surface area contributed by atoms with Gasteiger partial charge in [-0.3, -0.25) is 4.79 Å². The third-order valence-electron chi connectivity index (χ3n) is 1.83. The molecule has 0 amide bonds. The van der Waals surface area contributed by atoms with Crippen molar-refractivity contribution < 1.29 is 9.90 Å².